The molecule has 5 unspecified atom stereocenters. The van der Waals surface area contributed by atoms with Gasteiger partial charge in [0, 0.05) is 44.9 Å². The van der Waals surface area contributed by atoms with Gasteiger partial charge in [0.15, 0.2) is 11.6 Å². The third-order valence-corrected chi connectivity index (χ3v) is 20.0. The molecule has 0 aromatic rings. The van der Waals surface area contributed by atoms with Gasteiger partial charge in [-0.15, -0.1) is 0 Å². The van der Waals surface area contributed by atoms with Crippen molar-refractivity contribution in [1.82, 2.24) is 14.7 Å². The maximum atomic E-state index is 7.42. The number of hydrogen-bond donors (Lipinski definition) is 0. The summed E-state index contributed by atoms with van der Waals surface area (Å²) < 4.78 is 29.6. The fourth-order valence-electron chi connectivity index (χ4n) is 14.2. The van der Waals surface area contributed by atoms with E-state index in [4.69, 9.17) is 18.9 Å². The van der Waals surface area contributed by atoms with Gasteiger partial charge in [-0.05, 0) is 182 Å². The van der Waals surface area contributed by atoms with Crippen LogP contribution in [0.1, 0.15) is 349 Å². The predicted molar refractivity (Wildman–Crippen MR) is 409 cm³/mol. The van der Waals surface area contributed by atoms with Gasteiger partial charge in [-0.3, -0.25) is 0 Å². The minimum absolute atomic E-state index is 0.168. The third-order valence-electron chi connectivity index (χ3n) is 20.0. The van der Waals surface area contributed by atoms with E-state index in [1.165, 1.54) is 257 Å². The molecule has 0 N–H and O–H groups in total. The first kappa shape index (κ1) is 84.9. The van der Waals surface area contributed by atoms with Crippen LogP contribution in [0, 0.1) is 5.92 Å². The second-order valence-corrected chi connectivity index (χ2v) is 29.4. The normalized spacial score (nSPS) is 22.5. The van der Waals surface area contributed by atoms with Crippen LogP contribution >= 0.6 is 0 Å². The number of allylic oxidation sites excluding steroid dienone is 16. The lowest BCUT2D eigenvalue weighted by Crippen LogP contribution is -2.46. The second kappa shape index (κ2) is 59.7. The minimum Gasteiger partial charge on any atom is -0.344 e. The molecule has 3 fully saturated rings. The van der Waals surface area contributed by atoms with Crippen LogP contribution in [0.15, 0.2) is 97.2 Å². The highest BCUT2D eigenvalue weighted by molar-refractivity contribution is 5.00. The summed E-state index contributed by atoms with van der Waals surface area (Å²) in [5.74, 6) is -0.824. The van der Waals surface area contributed by atoms with Gasteiger partial charge in [-0.2, -0.15) is 0 Å². The molecule has 3 saturated heterocycles. The van der Waals surface area contributed by atoms with Gasteiger partial charge in [-0.1, -0.05) is 279 Å². The van der Waals surface area contributed by atoms with Crippen LogP contribution in [0.5, 0.6) is 0 Å². The largest absolute Gasteiger partial charge is 0.344 e. The van der Waals surface area contributed by atoms with Gasteiger partial charge >= 0.3 is 0 Å². The molecule has 0 saturated carbocycles. The average Bonchev–Trinajstić information content (AvgIpc) is 1.62. The van der Waals surface area contributed by atoms with E-state index < -0.39 is 11.6 Å². The van der Waals surface area contributed by atoms with Crippen molar-refractivity contribution in [1.29, 1.82) is 0 Å². The molecule has 0 aromatic heterocycles. The Morgan fingerprint density at radius 3 is 0.903 bits per heavy atom. The molecule has 0 aliphatic carbocycles. The summed E-state index contributed by atoms with van der Waals surface area (Å²) in [5.41, 5.74) is 0. The van der Waals surface area contributed by atoms with Crippen LogP contribution in [-0.2, 0) is 18.9 Å². The Kier molecular flexibility index (Phi) is 54.5. The number of likely N-dealkylation sites (tertiary alicyclic amines) is 1. The highest BCUT2D eigenvalue weighted by Gasteiger charge is 2.56. The van der Waals surface area contributed by atoms with E-state index in [1.807, 2.05) is 0 Å². The van der Waals surface area contributed by atoms with Gasteiger partial charge in [0.2, 0.25) is 0 Å². The van der Waals surface area contributed by atoms with Crippen molar-refractivity contribution in [2.24, 2.45) is 5.92 Å². The van der Waals surface area contributed by atoms with Crippen LogP contribution in [0.25, 0.3) is 0 Å². The molecule has 7 nitrogen and oxygen atoms in total. The Morgan fingerprint density at radius 1 is 0.333 bits per heavy atom. The van der Waals surface area contributed by atoms with Crippen molar-refractivity contribution in [3.63, 3.8) is 0 Å². The summed E-state index contributed by atoms with van der Waals surface area (Å²) >= 11 is 0. The molecule has 0 aromatic carbocycles. The lowest BCUT2D eigenvalue weighted by atomic mass is 9.99. The Balaban J connectivity index is 1.61. The Bertz CT molecular complexity index is 1810. The summed E-state index contributed by atoms with van der Waals surface area (Å²) in [6, 6.07) is 0. The zero-order valence-corrected chi connectivity index (χ0v) is 63.0. The SMILES string of the molecule is CCCCCC=CCC=CCCCCCCCC1OC(CCN(C)C)(CCN(C)CC2CN(C)CC23OC(CCCCCCCC=CCC=CCCCCC)C(CCCCCCCC=CCC=CCCCCC)O3)OC1CCCCCCCC=CCC=CCCCCC. The summed E-state index contributed by atoms with van der Waals surface area (Å²) in [5, 5.41) is 0. The summed E-state index contributed by atoms with van der Waals surface area (Å²) in [4.78, 5) is 7.40. The predicted octanol–water partition coefficient (Wildman–Crippen LogP) is 25.0. The third kappa shape index (κ3) is 44.3. The zero-order chi connectivity index (χ0) is 66.7. The van der Waals surface area contributed by atoms with Crippen molar-refractivity contribution >= 4 is 0 Å². The number of rotatable bonds is 64. The maximum Gasteiger partial charge on any atom is 0.187 e. The number of nitrogens with zero attached hydrogens (tertiary/aromatic N) is 3. The van der Waals surface area contributed by atoms with E-state index in [-0.39, 0.29) is 30.3 Å². The van der Waals surface area contributed by atoms with E-state index in [9.17, 15) is 0 Å². The first-order chi connectivity index (χ1) is 45.7. The van der Waals surface area contributed by atoms with Crippen molar-refractivity contribution in [3.8, 4) is 0 Å². The van der Waals surface area contributed by atoms with Crippen LogP contribution < -0.4 is 0 Å². The van der Waals surface area contributed by atoms with E-state index >= 15 is 0 Å². The number of unbranched alkanes of at least 4 members (excludes halogenated alkanes) is 32. The fourth-order valence-corrected chi connectivity index (χ4v) is 14.2. The number of ether oxygens (including phenoxy) is 4. The summed E-state index contributed by atoms with van der Waals surface area (Å²) in [6.07, 6.45) is 101. The van der Waals surface area contributed by atoms with Crippen LogP contribution in [0.4, 0.5) is 0 Å². The molecule has 3 aliphatic rings. The molecule has 3 rings (SSSR count). The van der Waals surface area contributed by atoms with Crippen molar-refractivity contribution < 1.29 is 18.9 Å². The monoisotopic (exact) mass is 1290 g/mol. The van der Waals surface area contributed by atoms with Gasteiger partial charge in [-0.25, -0.2) is 0 Å². The molecule has 0 amide bonds. The maximum absolute atomic E-state index is 7.42. The first-order valence-electron chi connectivity index (χ1n) is 40.6. The first-order valence-corrected chi connectivity index (χ1v) is 40.6. The quantitative estimate of drug-likeness (QED) is 0.0444. The lowest BCUT2D eigenvalue weighted by molar-refractivity contribution is -0.198. The molecule has 7 heteroatoms. The molecule has 0 bridgehead atoms. The standard InChI is InChI=1S/C86H155N3O4/c1-9-13-17-21-25-29-33-37-41-45-49-53-57-61-65-69-81-82(70-66-62-58-54-50-46-42-38-34-30-26-22-18-14-10-2)91-85(90-81,73-75-87(5)6)74-76-88(7)77-80-78-89(8)79-86(80)92-83(71-67-63-59-55-51-47-43-39-35-31-27-23-19-15-11-3)84(93-86)72-68-64-60-56-52-48-44-40-36-32-28-24-20-16-12-4/h25-32,37-44,80-84H,9-24,33-36,45-79H2,1-8H3. The molecule has 3 heterocycles. The highest BCUT2D eigenvalue weighted by Crippen LogP contribution is 2.44. The van der Waals surface area contributed by atoms with Crippen LogP contribution in [0.3, 0.4) is 0 Å². The molecular weight excluding hydrogens is 1140 g/mol. The van der Waals surface area contributed by atoms with Crippen molar-refractivity contribution in [2.75, 3.05) is 60.9 Å². The van der Waals surface area contributed by atoms with E-state index in [2.05, 4.69) is 168 Å². The minimum atomic E-state index is -0.564. The van der Waals surface area contributed by atoms with Gasteiger partial charge in [0.1, 0.15) is 0 Å². The molecular formula is C86H155N3O4. The smallest absolute Gasteiger partial charge is 0.187 e. The second-order valence-electron chi connectivity index (χ2n) is 29.4. The van der Waals surface area contributed by atoms with Gasteiger partial charge in [0.25, 0.3) is 0 Å². The topological polar surface area (TPSA) is 46.6 Å². The van der Waals surface area contributed by atoms with E-state index in [0.29, 0.717) is 0 Å². The van der Waals surface area contributed by atoms with Crippen LogP contribution in [0.2, 0.25) is 0 Å². The average molecular weight is 1300 g/mol. The van der Waals surface area contributed by atoms with Crippen LogP contribution in [-0.4, -0.2) is 112 Å². The van der Waals surface area contributed by atoms with Crippen molar-refractivity contribution in [3.05, 3.63) is 97.2 Å². The van der Waals surface area contributed by atoms with E-state index in [1.54, 1.807) is 0 Å². The lowest BCUT2D eigenvalue weighted by Gasteiger charge is -2.34. The molecule has 5 atom stereocenters. The Labute approximate surface area is 579 Å². The van der Waals surface area contributed by atoms with Gasteiger partial charge < -0.3 is 33.6 Å². The number of likely N-dealkylation sites (N-methyl/N-ethyl adjacent to an activating group) is 1. The molecule has 3 aliphatic heterocycles. The zero-order valence-electron chi connectivity index (χ0n) is 63.0. The molecule has 538 valence electrons. The highest BCUT2D eigenvalue weighted by atomic mass is 16.8. The molecule has 0 radical (unpaired) electrons. The van der Waals surface area contributed by atoms with E-state index in [0.717, 1.165) is 96.9 Å². The Hall–Kier alpha value is -2.36. The summed E-state index contributed by atoms with van der Waals surface area (Å²) in [7, 11) is 9.05. The number of hydrogen-bond acceptors (Lipinski definition) is 7. The summed E-state index contributed by atoms with van der Waals surface area (Å²) in [6.45, 7) is 13.8. The molecule has 1 spiro atoms. The van der Waals surface area contributed by atoms with Crippen molar-refractivity contribution in [2.45, 2.75) is 385 Å². The van der Waals surface area contributed by atoms with Gasteiger partial charge in [0.05, 0.1) is 31.0 Å². The Morgan fingerprint density at radius 2 is 0.602 bits per heavy atom. The fraction of sp³-hybridized carbons (Fsp3) is 0.814. The molecule has 93 heavy (non-hydrogen) atoms.